The molecule has 0 spiro atoms. The Kier molecular flexibility index (Phi) is 5.74. The Morgan fingerprint density at radius 3 is 2.77 bits per heavy atom. The van der Waals surface area contributed by atoms with Gasteiger partial charge in [0.1, 0.15) is 0 Å². The van der Waals surface area contributed by atoms with Crippen LogP contribution in [0.5, 0.6) is 0 Å². The average molecular weight is 406 g/mol. The molecular formula is C22H26N6O2. The molecule has 3 aromatic rings. The number of carbonyl (C=O) groups is 2. The van der Waals surface area contributed by atoms with Gasteiger partial charge in [-0.3, -0.25) is 9.59 Å². The van der Waals surface area contributed by atoms with E-state index in [-0.39, 0.29) is 18.2 Å². The molecule has 1 aliphatic heterocycles. The lowest BCUT2D eigenvalue weighted by molar-refractivity contribution is -0.132. The highest BCUT2D eigenvalue weighted by molar-refractivity contribution is 5.78. The van der Waals surface area contributed by atoms with Gasteiger partial charge < -0.3 is 10.2 Å². The SMILES string of the molecule is Cc1cc(C)n2nc(CC(=O)NCCCC(=O)N3CCc4ccccc4C3)nc2n1. The highest BCUT2D eigenvalue weighted by Crippen LogP contribution is 2.19. The Bertz CT molecular complexity index is 1090. The molecule has 2 aromatic heterocycles. The third kappa shape index (κ3) is 4.48. The van der Waals surface area contributed by atoms with Crippen molar-refractivity contribution in [3.8, 4) is 0 Å². The topological polar surface area (TPSA) is 92.5 Å². The molecule has 1 aliphatic rings. The predicted octanol–water partition coefficient (Wildman–Crippen LogP) is 1.76. The van der Waals surface area contributed by atoms with Crippen molar-refractivity contribution in [2.45, 2.75) is 46.1 Å². The number of carbonyl (C=O) groups excluding carboxylic acids is 2. The zero-order valence-electron chi connectivity index (χ0n) is 17.4. The summed E-state index contributed by atoms with van der Waals surface area (Å²) in [5.41, 5.74) is 4.35. The maximum absolute atomic E-state index is 12.5. The first-order valence-electron chi connectivity index (χ1n) is 10.3. The Hall–Kier alpha value is -3.29. The van der Waals surface area contributed by atoms with Crippen LogP contribution in [0.1, 0.15) is 41.2 Å². The van der Waals surface area contributed by atoms with E-state index in [1.807, 2.05) is 36.9 Å². The standard InChI is InChI=1S/C22H26N6O2/c1-15-12-16(2)28-22(24-15)25-19(26-28)13-20(29)23-10-5-8-21(30)27-11-9-17-6-3-4-7-18(17)14-27/h3-4,6-7,12H,5,8-11,13-14H2,1-2H3,(H,23,29). The van der Waals surface area contributed by atoms with Gasteiger partial charge >= 0.3 is 0 Å². The number of nitrogens with zero attached hydrogens (tertiary/aromatic N) is 5. The molecule has 1 aromatic carbocycles. The van der Waals surface area contributed by atoms with Crippen LogP contribution in [0.4, 0.5) is 0 Å². The van der Waals surface area contributed by atoms with E-state index < -0.39 is 0 Å². The second kappa shape index (κ2) is 8.61. The van der Waals surface area contributed by atoms with Crippen LogP contribution in [0.2, 0.25) is 0 Å². The van der Waals surface area contributed by atoms with Gasteiger partial charge in [-0.05, 0) is 43.9 Å². The van der Waals surface area contributed by atoms with Gasteiger partial charge in [0.15, 0.2) is 5.82 Å². The maximum atomic E-state index is 12.5. The lowest BCUT2D eigenvalue weighted by Gasteiger charge is -2.29. The molecule has 3 heterocycles. The van der Waals surface area contributed by atoms with Gasteiger partial charge in [0.25, 0.3) is 5.78 Å². The van der Waals surface area contributed by atoms with E-state index >= 15 is 0 Å². The summed E-state index contributed by atoms with van der Waals surface area (Å²) >= 11 is 0. The first-order chi connectivity index (χ1) is 14.5. The second-order valence-electron chi connectivity index (χ2n) is 7.74. The summed E-state index contributed by atoms with van der Waals surface area (Å²) in [5.74, 6) is 0.929. The maximum Gasteiger partial charge on any atom is 0.252 e. The van der Waals surface area contributed by atoms with Crippen molar-refractivity contribution >= 4 is 17.6 Å². The zero-order chi connectivity index (χ0) is 21.1. The number of fused-ring (bicyclic) bond motifs is 2. The van der Waals surface area contributed by atoms with Crippen LogP contribution in [-0.4, -0.2) is 49.4 Å². The molecule has 8 heteroatoms. The predicted molar refractivity (Wildman–Crippen MR) is 112 cm³/mol. The van der Waals surface area contributed by atoms with Crippen LogP contribution in [-0.2, 0) is 29.0 Å². The molecular weight excluding hydrogens is 380 g/mol. The quantitative estimate of drug-likeness (QED) is 0.630. The van der Waals surface area contributed by atoms with E-state index in [1.54, 1.807) is 4.52 Å². The summed E-state index contributed by atoms with van der Waals surface area (Å²) in [7, 11) is 0. The smallest absolute Gasteiger partial charge is 0.252 e. The van der Waals surface area contributed by atoms with E-state index in [4.69, 9.17) is 0 Å². The van der Waals surface area contributed by atoms with Gasteiger partial charge in [0.2, 0.25) is 11.8 Å². The van der Waals surface area contributed by atoms with Gasteiger partial charge in [-0.2, -0.15) is 4.98 Å². The van der Waals surface area contributed by atoms with Crippen LogP contribution in [0.25, 0.3) is 5.78 Å². The normalized spacial score (nSPS) is 13.3. The fraction of sp³-hybridized carbons (Fsp3) is 0.409. The number of hydrogen-bond donors (Lipinski definition) is 1. The largest absolute Gasteiger partial charge is 0.356 e. The van der Waals surface area contributed by atoms with Crippen molar-refractivity contribution < 1.29 is 9.59 Å². The average Bonchev–Trinajstić information content (AvgIpc) is 3.13. The van der Waals surface area contributed by atoms with Gasteiger partial charge in [-0.25, -0.2) is 9.50 Å². The summed E-state index contributed by atoms with van der Waals surface area (Å²) in [5, 5.41) is 7.21. The molecule has 2 amide bonds. The molecule has 0 saturated heterocycles. The lowest BCUT2D eigenvalue weighted by atomic mass is 9.99. The summed E-state index contributed by atoms with van der Waals surface area (Å²) in [6, 6.07) is 10.2. The van der Waals surface area contributed by atoms with E-state index in [2.05, 4.69) is 32.5 Å². The number of benzene rings is 1. The van der Waals surface area contributed by atoms with Gasteiger partial charge in [-0.1, -0.05) is 24.3 Å². The number of aromatic nitrogens is 4. The Morgan fingerprint density at radius 2 is 1.93 bits per heavy atom. The molecule has 1 N–H and O–H groups in total. The minimum Gasteiger partial charge on any atom is -0.356 e. The monoisotopic (exact) mass is 406 g/mol. The Morgan fingerprint density at radius 1 is 1.13 bits per heavy atom. The second-order valence-corrected chi connectivity index (χ2v) is 7.74. The van der Waals surface area contributed by atoms with E-state index in [0.717, 1.165) is 24.4 Å². The van der Waals surface area contributed by atoms with Crippen molar-refractivity contribution in [1.29, 1.82) is 0 Å². The summed E-state index contributed by atoms with van der Waals surface area (Å²) < 4.78 is 1.64. The molecule has 156 valence electrons. The third-order valence-electron chi connectivity index (χ3n) is 5.35. The minimum absolute atomic E-state index is 0.0959. The fourth-order valence-corrected chi connectivity index (χ4v) is 3.82. The zero-order valence-corrected chi connectivity index (χ0v) is 17.4. The van der Waals surface area contributed by atoms with Gasteiger partial charge in [-0.15, -0.1) is 5.10 Å². The van der Waals surface area contributed by atoms with Crippen LogP contribution in [0.3, 0.4) is 0 Å². The van der Waals surface area contributed by atoms with Crippen LogP contribution in [0, 0.1) is 13.8 Å². The summed E-state index contributed by atoms with van der Waals surface area (Å²) in [6.07, 6.45) is 2.04. The molecule has 0 atom stereocenters. The van der Waals surface area contributed by atoms with E-state index in [9.17, 15) is 9.59 Å². The number of amides is 2. The highest BCUT2D eigenvalue weighted by atomic mass is 16.2. The highest BCUT2D eigenvalue weighted by Gasteiger charge is 2.20. The Labute approximate surface area is 175 Å². The van der Waals surface area contributed by atoms with Crippen molar-refractivity contribution in [2.75, 3.05) is 13.1 Å². The Balaban J connectivity index is 1.22. The molecule has 0 radical (unpaired) electrons. The molecule has 0 bridgehead atoms. The van der Waals surface area contributed by atoms with Crippen LogP contribution < -0.4 is 5.32 Å². The van der Waals surface area contributed by atoms with Crippen molar-refractivity contribution in [1.82, 2.24) is 29.8 Å². The molecule has 4 rings (SSSR count). The van der Waals surface area contributed by atoms with Gasteiger partial charge in [0.05, 0.1) is 6.42 Å². The fourth-order valence-electron chi connectivity index (χ4n) is 3.82. The molecule has 0 fully saturated rings. The van der Waals surface area contributed by atoms with E-state index in [1.165, 1.54) is 11.1 Å². The van der Waals surface area contributed by atoms with Crippen molar-refractivity contribution in [3.05, 3.63) is 58.7 Å². The minimum atomic E-state index is -0.153. The first kappa shape index (κ1) is 20.0. The number of hydrogen-bond acceptors (Lipinski definition) is 5. The van der Waals surface area contributed by atoms with Crippen LogP contribution in [0.15, 0.2) is 30.3 Å². The number of aryl methyl sites for hydroxylation is 2. The molecule has 0 unspecified atom stereocenters. The molecule has 8 nitrogen and oxygen atoms in total. The molecule has 0 aliphatic carbocycles. The van der Waals surface area contributed by atoms with Crippen LogP contribution >= 0.6 is 0 Å². The summed E-state index contributed by atoms with van der Waals surface area (Å²) in [6.45, 7) is 5.72. The molecule has 0 saturated carbocycles. The number of rotatable bonds is 6. The number of nitrogens with one attached hydrogen (secondary N) is 1. The van der Waals surface area contributed by atoms with Crippen molar-refractivity contribution in [2.24, 2.45) is 0 Å². The first-order valence-corrected chi connectivity index (χ1v) is 10.3. The van der Waals surface area contributed by atoms with E-state index in [0.29, 0.717) is 37.5 Å². The third-order valence-corrected chi connectivity index (χ3v) is 5.35. The molecule has 30 heavy (non-hydrogen) atoms. The lowest BCUT2D eigenvalue weighted by Crippen LogP contribution is -2.36. The van der Waals surface area contributed by atoms with Crippen molar-refractivity contribution in [3.63, 3.8) is 0 Å². The summed E-state index contributed by atoms with van der Waals surface area (Å²) in [4.78, 5) is 35.3. The van der Waals surface area contributed by atoms with Gasteiger partial charge in [0, 0.05) is 37.4 Å².